The molecule has 3 nitrogen and oxygen atoms in total. The molecule has 1 fully saturated rings. The molecule has 1 aliphatic heterocycles. The minimum absolute atomic E-state index is 0.0172. The molecule has 1 atom stereocenters. The molecule has 2 aromatic rings. The second kappa shape index (κ2) is 7.64. The van der Waals surface area contributed by atoms with Crippen LogP contribution in [0.2, 0.25) is 0 Å². The van der Waals surface area contributed by atoms with Gasteiger partial charge in [0.25, 0.3) is 0 Å². The van der Waals surface area contributed by atoms with Crippen LogP contribution in [0.25, 0.3) is 0 Å². The van der Waals surface area contributed by atoms with Crippen LogP contribution in [-0.2, 0) is 16.4 Å². The number of nitrogens with zero attached hydrogens (tertiary/aromatic N) is 2. The number of carbonyl (C=O) groups is 1. The van der Waals surface area contributed by atoms with Crippen molar-refractivity contribution in [2.45, 2.75) is 24.9 Å². The van der Waals surface area contributed by atoms with Gasteiger partial charge in [0.05, 0.1) is 5.56 Å². The molecular formula is C20H23F3N2OS. The Bertz CT molecular complexity index is 783. The third kappa shape index (κ3) is 4.35. The zero-order valence-electron chi connectivity index (χ0n) is 15.4. The third-order valence-corrected chi connectivity index (χ3v) is 6.39. The molecule has 146 valence electrons. The smallest absolute Gasteiger partial charge is 0.340 e. The van der Waals surface area contributed by atoms with E-state index in [9.17, 15) is 18.0 Å². The summed E-state index contributed by atoms with van der Waals surface area (Å²) in [7, 11) is 2.01. The van der Waals surface area contributed by atoms with Crippen molar-refractivity contribution >= 4 is 17.2 Å². The molecule has 0 aliphatic carbocycles. The maximum Gasteiger partial charge on any atom is 0.416 e. The Labute approximate surface area is 161 Å². The zero-order valence-corrected chi connectivity index (χ0v) is 16.2. The second-order valence-corrected chi connectivity index (χ2v) is 8.20. The van der Waals surface area contributed by atoms with E-state index in [-0.39, 0.29) is 12.3 Å². The summed E-state index contributed by atoms with van der Waals surface area (Å²) in [5, 5.41) is 1.89. The first-order chi connectivity index (χ1) is 12.7. The van der Waals surface area contributed by atoms with Crippen molar-refractivity contribution in [3.63, 3.8) is 0 Å². The zero-order chi connectivity index (χ0) is 19.7. The topological polar surface area (TPSA) is 23.6 Å². The minimum Gasteiger partial charge on any atom is -0.340 e. The van der Waals surface area contributed by atoms with Crippen LogP contribution in [0.15, 0.2) is 41.8 Å². The number of benzene rings is 1. The molecule has 1 saturated heterocycles. The Morgan fingerprint density at radius 2 is 1.74 bits per heavy atom. The number of amides is 1. The van der Waals surface area contributed by atoms with Gasteiger partial charge < -0.3 is 9.80 Å². The first-order valence-electron chi connectivity index (χ1n) is 8.88. The van der Waals surface area contributed by atoms with Gasteiger partial charge in [-0.05, 0) is 30.1 Å². The molecule has 27 heavy (non-hydrogen) atoms. The molecule has 1 aromatic carbocycles. The predicted molar refractivity (Wildman–Crippen MR) is 101 cm³/mol. The first kappa shape index (κ1) is 19.9. The Morgan fingerprint density at radius 1 is 1.07 bits per heavy atom. The van der Waals surface area contributed by atoms with Crippen LogP contribution in [0.3, 0.4) is 0 Å². The summed E-state index contributed by atoms with van der Waals surface area (Å²) in [6.07, 6.45) is -4.26. The van der Waals surface area contributed by atoms with Gasteiger partial charge in [-0.15, -0.1) is 11.3 Å². The molecule has 1 aromatic heterocycles. The monoisotopic (exact) mass is 396 g/mol. The number of thiophene rings is 1. The van der Waals surface area contributed by atoms with Crippen molar-refractivity contribution in [2.75, 3.05) is 33.2 Å². The van der Waals surface area contributed by atoms with E-state index in [2.05, 4.69) is 4.90 Å². The Balaban J connectivity index is 1.93. The van der Waals surface area contributed by atoms with E-state index in [1.807, 2.05) is 36.4 Å². The maximum atomic E-state index is 13.2. The van der Waals surface area contributed by atoms with Gasteiger partial charge in [0.2, 0.25) is 5.91 Å². The van der Waals surface area contributed by atoms with E-state index in [1.54, 1.807) is 6.07 Å². The fourth-order valence-corrected chi connectivity index (χ4v) is 4.34. The quantitative estimate of drug-likeness (QED) is 0.772. The molecule has 3 rings (SSSR count). The summed E-state index contributed by atoms with van der Waals surface area (Å²) in [5.74, 6) is -0.0172. The van der Waals surface area contributed by atoms with Gasteiger partial charge in [0.15, 0.2) is 0 Å². The van der Waals surface area contributed by atoms with Gasteiger partial charge >= 0.3 is 6.18 Å². The number of piperazine rings is 1. The van der Waals surface area contributed by atoms with Crippen LogP contribution in [-0.4, -0.2) is 48.9 Å². The van der Waals surface area contributed by atoms with Crippen LogP contribution in [0, 0.1) is 0 Å². The SMILES string of the molecule is CN1CCN(C(=O)C[C@@](C)(c2cccc(C(F)(F)F)c2)c2cccs2)CC1. The molecule has 1 aliphatic rings. The van der Waals surface area contributed by atoms with Crippen molar-refractivity contribution in [1.29, 1.82) is 0 Å². The van der Waals surface area contributed by atoms with Crippen LogP contribution in [0.5, 0.6) is 0 Å². The second-order valence-electron chi connectivity index (χ2n) is 7.25. The fraction of sp³-hybridized carbons (Fsp3) is 0.450. The number of hydrogen-bond donors (Lipinski definition) is 0. The van der Waals surface area contributed by atoms with Crippen LogP contribution < -0.4 is 0 Å². The van der Waals surface area contributed by atoms with Crippen molar-refractivity contribution in [3.8, 4) is 0 Å². The summed E-state index contributed by atoms with van der Waals surface area (Å²) < 4.78 is 39.6. The Hall–Kier alpha value is -1.86. The lowest BCUT2D eigenvalue weighted by Gasteiger charge is -2.36. The highest BCUT2D eigenvalue weighted by Gasteiger charge is 2.37. The van der Waals surface area contributed by atoms with E-state index in [4.69, 9.17) is 0 Å². The van der Waals surface area contributed by atoms with Crippen molar-refractivity contribution < 1.29 is 18.0 Å². The highest BCUT2D eigenvalue weighted by atomic mass is 32.1. The maximum absolute atomic E-state index is 13.2. The summed E-state index contributed by atoms with van der Waals surface area (Å²) >= 11 is 1.47. The van der Waals surface area contributed by atoms with Gasteiger partial charge in [-0.2, -0.15) is 13.2 Å². The van der Waals surface area contributed by atoms with E-state index in [1.165, 1.54) is 23.5 Å². The largest absolute Gasteiger partial charge is 0.416 e. The van der Waals surface area contributed by atoms with Crippen molar-refractivity contribution in [1.82, 2.24) is 9.80 Å². The van der Waals surface area contributed by atoms with Crippen LogP contribution in [0.4, 0.5) is 13.2 Å². The van der Waals surface area contributed by atoms with Crippen molar-refractivity contribution in [3.05, 3.63) is 57.8 Å². The lowest BCUT2D eigenvalue weighted by atomic mass is 9.77. The average Bonchev–Trinajstić information content (AvgIpc) is 3.17. The molecule has 7 heteroatoms. The van der Waals surface area contributed by atoms with E-state index >= 15 is 0 Å². The molecule has 0 bridgehead atoms. The van der Waals surface area contributed by atoms with Gasteiger partial charge in [-0.3, -0.25) is 4.79 Å². The molecule has 0 N–H and O–H groups in total. The highest BCUT2D eigenvalue weighted by Crippen LogP contribution is 2.40. The third-order valence-electron chi connectivity index (χ3n) is 5.25. The van der Waals surface area contributed by atoms with Crippen LogP contribution >= 0.6 is 11.3 Å². The molecular weight excluding hydrogens is 373 g/mol. The Kier molecular flexibility index (Phi) is 5.63. The molecule has 0 spiro atoms. The molecule has 0 unspecified atom stereocenters. The van der Waals surface area contributed by atoms with Gasteiger partial charge in [-0.1, -0.05) is 31.2 Å². The Morgan fingerprint density at radius 3 is 2.33 bits per heavy atom. The summed E-state index contributed by atoms with van der Waals surface area (Å²) in [4.78, 5) is 17.8. The molecule has 2 heterocycles. The first-order valence-corrected chi connectivity index (χ1v) is 9.76. The summed E-state index contributed by atoms with van der Waals surface area (Å²) in [6, 6.07) is 9.11. The minimum atomic E-state index is -4.41. The van der Waals surface area contributed by atoms with E-state index < -0.39 is 17.2 Å². The molecule has 0 radical (unpaired) electrons. The molecule has 1 amide bonds. The van der Waals surface area contributed by atoms with Gasteiger partial charge in [0.1, 0.15) is 0 Å². The normalized spacial score (nSPS) is 18.3. The standard InChI is InChI=1S/C20H23F3N2OS/c1-19(17-7-4-12-27-17,14-18(26)25-10-8-24(2)9-11-25)15-5-3-6-16(13-15)20(21,22)23/h3-7,12-13H,8-11,14H2,1-2H3/t19-/m0/s1. The highest BCUT2D eigenvalue weighted by molar-refractivity contribution is 7.10. The van der Waals surface area contributed by atoms with E-state index in [0.717, 1.165) is 24.0 Å². The average molecular weight is 396 g/mol. The molecule has 0 saturated carbocycles. The summed E-state index contributed by atoms with van der Waals surface area (Å²) in [5.41, 5.74) is -0.965. The predicted octanol–water partition coefficient (Wildman–Crippen LogP) is 4.24. The van der Waals surface area contributed by atoms with Crippen molar-refractivity contribution in [2.24, 2.45) is 0 Å². The number of hydrogen-bond acceptors (Lipinski definition) is 3. The van der Waals surface area contributed by atoms with E-state index in [0.29, 0.717) is 18.7 Å². The number of carbonyl (C=O) groups excluding carboxylic acids is 1. The number of halogens is 3. The number of likely N-dealkylation sites (N-methyl/N-ethyl adjacent to an activating group) is 1. The van der Waals surface area contributed by atoms with Gasteiger partial charge in [-0.25, -0.2) is 0 Å². The van der Waals surface area contributed by atoms with Gasteiger partial charge in [0, 0.05) is 42.9 Å². The number of alkyl halides is 3. The lowest BCUT2D eigenvalue weighted by molar-refractivity contribution is -0.137. The summed E-state index contributed by atoms with van der Waals surface area (Å²) in [6.45, 7) is 4.79. The fourth-order valence-electron chi connectivity index (χ4n) is 3.43. The lowest BCUT2D eigenvalue weighted by Crippen LogP contribution is -2.48. The van der Waals surface area contributed by atoms with Crippen LogP contribution in [0.1, 0.15) is 29.3 Å². The number of rotatable bonds is 4.